The van der Waals surface area contributed by atoms with Crippen molar-refractivity contribution in [2.75, 3.05) is 19.8 Å². The summed E-state index contributed by atoms with van der Waals surface area (Å²) in [6.45, 7) is 0.905. The van der Waals surface area contributed by atoms with E-state index in [0.717, 1.165) is 16.7 Å². The molecule has 1 aliphatic carbocycles. The van der Waals surface area contributed by atoms with Crippen LogP contribution in [0.3, 0.4) is 0 Å². The summed E-state index contributed by atoms with van der Waals surface area (Å²) in [5.74, 6) is -2.11. The van der Waals surface area contributed by atoms with Crippen LogP contribution in [-0.4, -0.2) is 54.0 Å². The standard InChI is InChI=1S/C29H24FNO5/c30-27-10-9-17(13-25(27)28(32)33)18-11-19-14-35-15-20(12-18)31(19)29(34)36-16-26-23-7-3-1-5-21(23)22-6-2-4-8-24(22)26/h1-11,13,19-20,26H,12,14-16H2,(H,32,33). The third-order valence-corrected chi connectivity index (χ3v) is 7.31. The maximum absolute atomic E-state index is 13.9. The third kappa shape index (κ3) is 3.76. The fourth-order valence-electron chi connectivity index (χ4n) is 5.65. The molecule has 1 fully saturated rings. The average molecular weight is 486 g/mol. The number of morpholine rings is 1. The molecule has 0 spiro atoms. The maximum atomic E-state index is 13.9. The van der Waals surface area contributed by atoms with Gasteiger partial charge in [0.05, 0.1) is 30.9 Å². The lowest BCUT2D eigenvalue weighted by Crippen LogP contribution is -2.56. The molecule has 1 N–H and O–H groups in total. The minimum absolute atomic E-state index is 0.0259. The summed E-state index contributed by atoms with van der Waals surface area (Å²) < 4.78 is 25.5. The third-order valence-electron chi connectivity index (χ3n) is 7.31. The number of aromatic carboxylic acids is 1. The molecule has 2 atom stereocenters. The van der Waals surface area contributed by atoms with Gasteiger partial charge >= 0.3 is 12.1 Å². The van der Waals surface area contributed by atoms with Crippen LogP contribution >= 0.6 is 0 Å². The van der Waals surface area contributed by atoms with Crippen LogP contribution in [-0.2, 0) is 9.47 Å². The lowest BCUT2D eigenvalue weighted by Gasteiger charge is -2.44. The van der Waals surface area contributed by atoms with Crippen molar-refractivity contribution in [2.24, 2.45) is 0 Å². The number of fused-ring (bicyclic) bond motifs is 5. The number of halogens is 1. The van der Waals surface area contributed by atoms with E-state index in [2.05, 4.69) is 24.3 Å². The second-order valence-electron chi connectivity index (χ2n) is 9.37. The van der Waals surface area contributed by atoms with Gasteiger partial charge in [0.25, 0.3) is 0 Å². The number of nitrogens with zero attached hydrogens (tertiary/aromatic N) is 1. The number of benzene rings is 3. The average Bonchev–Trinajstić information content (AvgIpc) is 3.20. The van der Waals surface area contributed by atoms with Crippen molar-refractivity contribution < 1.29 is 28.6 Å². The summed E-state index contributed by atoms with van der Waals surface area (Å²) in [7, 11) is 0. The van der Waals surface area contributed by atoms with Gasteiger partial charge in [-0.2, -0.15) is 0 Å². The molecule has 0 saturated carbocycles. The van der Waals surface area contributed by atoms with Gasteiger partial charge < -0.3 is 14.6 Å². The van der Waals surface area contributed by atoms with E-state index in [-0.39, 0.29) is 30.2 Å². The zero-order valence-corrected chi connectivity index (χ0v) is 19.4. The Balaban J connectivity index is 1.22. The Morgan fingerprint density at radius 2 is 1.69 bits per heavy atom. The predicted octanol–water partition coefficient (Wildman–Crippen LogP) is 5.33. The summed E-state index contributed by atoms with van der Waals surface area (Å²) in [4.78, 5) is 26.4. The predicted molar refractivity (Wildman–Crippen MR) is 131 cm³/mol. The first-order valence-electron chi connectivity index (χ1n) is 12.0. The summed E-state index contributed by atoms with van der Waals surface area (Å²) in [5, 5.41) is 9.29. The first-order chi connectivity index (χ1) is 17.5. The number of hydrogen-bond acceptors (Lipinski definition) is 4. The first-order valence-corrected chi connectivity index (χ1v) is 12.0. The van der Waals surface area contributed by atoms with Gasteiger partial charge in [-0.1, -0.05) is 60.7 Å². The van der Waals surface area contributed by atoms with Crippen LogP contribution in [0.25, 0.3) is 16.7 Å². The van der Waals surface area contributed by atoms with Crippen LogP contribution in [0, 0.1) is 5.82 Å². The number of hydrogen-bond donors (Lipinski definition) is 1. The van der Waals surface area contributed by atoms with Crippen molar-refractivity contribution in [3.8, 4) is 11.1 Å². The smallest absolute Gasteiger partial charge is 0.410 e. The lowest BCUT2D eigenvalue weighted by molar-refractivity contribution is -0.0331. The SMILES string of the molecule is O=C(O)c1cc(C2=CC3COCC(C2)N3C(=O)OCC2c3ccccc3-c3ccccc32)ccc1F. The van der Waals surface area contributed by atoms with Gasteiger partial charge in [0.15, 0.2) is 0 Å². The van der Waals surface area contributed by atoms with Crippen molar-refractivity contribution in [2.45, 2.75) is 24.4 Å². The van der Waals surface area contributed by atoms with Crippen molar-refractivity contribution in [3.63, 3.8) is 0 Å². The molecule has 2 unspecified atom stereocenters. The van der Waals surface area contributed by atoms with Crippen LogP contribution < -0.4 is 0 Å². The molecule has 0 radical (unpaired) electrons. The highest BCUT2D eigenvalue weighted by molar-refractivity contribution is 5.89. The Bertz CT molecular complexity index is 1350. The molecule has 2 bridgehead atoms. The van der Waals surface area contributed by atoms with Gasteiger partial charge in [0.1, 0.15) is 12.4 Å². The second kappa shape index (κ2) is 8.91. The van der Waals surface area contributed by atoms with Gasteiger partial charge in [-0.05, 0) is 51.9 Å². The molecule has 6 rings (SSSR count). The number of amides is 1. The summed E-state index contributed by atoms with van der Waals surface area (Å²) in [6, 6.07) is 19.9. The van der Waals surface area contributed by atoms with Gasteiger partial charge in [-0.25, -0.2) is 14.0 Å². The highest BCUT2D eigenvalue weighted by Crippen LogP contribution is 2.44. The normalized spacial score (nSPS) is 20.4. The molecule has 3 aliphatic rings. The second-order valence-corrected chi connectivity index (χ2v) is 9.37. The minimum Gasteiger partial charge on any atom is -0.478 e. The van der Waals surface area contributed by atoms with E-state index in [1.54, 1.807) is 11.0 Å². The molecular formula is C29H24FNO5. The summed E-state index contributed by atoms with van der Waals surface area (Å²) in [6.07, 6.45) is 1.97. The van der Waals surface area contributed by atoms with E-state index in [0.29, 0.717) is 25.2 Å². The fourth-order valence-corrected chi connectivity index (χ4v) is 5.65. The molecular weight excluding hydrogens is 461 g/mol. The van der Waals surface area contributed by atoms with E-state index in [1.807, 2.05) is 30.3 Å². The Labute approximate surface area is 207 Å². The van der Waals surface area contributed by atoms with Crippen molar-refractivity contribution in [1.82, 2.24) is 4.90 Å². The molecule has 7 heteroatoms. The number of carbonyl (C=O) groups excluding carboxylic acids is 1. The van der Waals surface area contributed by atoms with Gasteiger partial charge in [0.2, 0.25) is 0 Å². The molecule has 1 amide bonds. The van der Waals surface area contributed by atoms with Crippen LogP contribution in [0.5, 0.6) is 0 Å². The largest absolute Gasteiger partial charge is 0.478 e. The van der Waals surface area contributed by atoms with Crippen LogP contribution in [0.15, 0.2) is 72.8 Å². The topological polar surface area (TPSA) is 76.1 Å². The molecule has 1 saturated heterocycles. The Morgan fingerprint density at radius 1 is 1.00 bits per heavy atom. The molecule has 0 aromatic heterocycles. The zero-order chi connectivity index (χ0) is 24.8. The van der Waals surface area contributed by atoms with E-state index < -0.39 is 17.9 Å². The van der Waals surface area contributed by atoms with Crippen LogP contribution in [0.2, 0.25) is 0 Å². The number of carboxylic acid groups (broad SMARTS) is 1. The number of rotatable bonds is 4. The fraction of sp³-hybridized carbons (Fsp3) is 0.241. The van der Waals surface area contributed by atoms with E-state index >= 15 is 0 Å². The summed E-state index contributed by atoms with van der Waals surface area (Å²) >= 11 is 0. The Morgan fingerprint density at radius 3 is 2.36 bits per heavy atom. The minimum atomic E-state index is -1.31. The van der Waals surface area contributed by atoms with Gasteiger partial charge in [-0.3, -0.25) is 4.90 Å². The quantitative estimate of drug-likeness (QED) is 0.541. The van der Waals surface area contributed by atoms with E-state index in [4.69, 9.17) is 9.47 Å². The van der Waals surface area contributed by atoms with Crippen molar-refractivity contribution in [1.29, 1.82) is 0 Å². The molecule has 6 nitrogen and oxygen atoms in total. The van der Waals surface area contributed by atoms with Crippen molar-refractivity contribution in [3.05, 3.63) is 101 Å². The van der Waals surface area contributed by atoms with E-state index in [9.17, 15) is 19.1 Å². The van der Waals surface area contributed by atoms with Gasteiger partial charge in [-0.15, -0.1) is 0 Å². The zero-order valence-electron chi connectivity index (χ0n) is 19.4. The Hall–Kier alpha value is -3.97. The maximum Gasteiger partial charge on any atom is 0.410 e. The monoisotopic (exact) mass is 485 g/mol. The highest BCUT2D eigenvalue weighted by atomic mass is 19.1. The number of carboxylic acids is 1. The van der Waals surface area contributed by atoms with Gasteiger partial charge in [0, 0.05) is 5.92 Å². The molecule has 3 aromatic carbocycles. The van der Waals surface area contributed by atoms with Crippen molar-refractivity contribution >= 4 is 17.6 Å². The Kier molecular flexibility index (Phi) is 5.57. The lowest BCUT2D eigenvalue weighted by atomic mass is 9.89. The molecule has 182 valence electrons. The number of ether oxygens (including phenoxy) is 2. The molecule has 2 heterocycles. The highest BCUT2D eigenvalue weighted by Gasteiger charge is 2.40. The first kappa shape index (κ1) is 22.5. The van der Waals surface area contributed by atoms with E-state index in [1.165, 1.54) is 23.3 Å². The molecule has 2 aliphatic heterocycles. The molecule has 3 aromatic rings. The summed E-state index contributed by atoms with van der Waals surface area (Å²) in [5.41, 5.74) is 5.79. The number of carbonyl (C=O) groups is 2. The molecule has 36 heavy (non-hydrogen) atoms. The van der Waals surface area contributed by atoms with Crippen LogP contribution in [0.4, 0.5) is 9.18 Å². The van der Waals surface area contributed by atoms with Crippen LogP contribution in [0.1, 0.15) is 39.4 Å².